The summed E-state index contributed by atoms with van der Waals surface area (Å²) in [6, 6.07) is 4.64. The van der Waals surface area contributed by atoms with Crippen LogP contribution in [0.5, 0.6) is 5.75 Å². The van der Waals surface area contributed by atoms with E-state index in [1.807, 2.05) is 6.92 Å². The molecule has 80 valence electrons. The summed E-state index contributed by atoms with van der Waals surface area (Å²) in [5, 5.41) is 11.7. The summed E-state index contributed by atoms with van der Waals surface area (Å²) in [6.07, 6.45) is 0.690. The normalized spacial score (nSPS) is 9.73. The maximum Gasteiger partial charge on any atom is 0.283 e. The van der Waals surface area contributed by atoms with Gasteiger partial charge in [0.05, 0.1) is 0 Å². The smallest absolute Gasteiger partial charge is 0.283 e. The van der Waals surface area contributed by atoms with Gasteiger partial charge < -0.3 is 10.4 Å². The molecule has 1 rings (SSSR count). The molecule has 0 aromatic heterocycles. The summed E-state index contributed by atoms with van der Waals surface area (Å²) >= 11 is 0. The number of benzene rings is 1. The number of phenols is 1. The standard InChI is InChI=1S/C11H12FNO2/c1-3-8-4-5-9(6-10(8)14)13-11(15)7(2)12/h4-6,14H,2-3H2,1H3,(H,13,15). The molecule has 1 aromatic rings. The highest BCUT2D eigenvalue weighted by Crippen LogP contribution is 2.22. The van der Waals surface area contributed by atoms with E-state index < -0.39 is 11.7 Å². The van der Waals surface area contributed by atoms with Gasteiger partial charge in [0.25, 0.3) is 5.91 Å². The summed E-state index contributed by atoms with van der Waals surface area (Å²) in [4.78, 5) is 10.9. The van der Waals surface area contributed by atoms with Crippen molar-refractivity contribution < 1.29 is 14.3 Å². The van der Waals surface area contributed by atoms with E-state index in [4.69, 9.17) is 0 Å². The zero-order valence-corrected chi connectivity index (χ0v) is 8.38. The van der Waals surface area contributed by atoms with E-state index in [1.165, 1.54) is 6.07 Å². The van der Waals surface area contributed by atoms with Gasteiger partial charge in [-0.25, -0.2) is 4.39 Å². The van der Waals surface area contributed by atoms with Gasteiger partial charge in [0, 0.05) is 11.8 Å². The Morgan fingerprint density at radius 1 is 1.60 bits per heavy atom. The minimum absolute atomic E-state index is 0.0831. The molecule has 0 atom stereocenters. The topological polar surface area (TPSA) is 49.3 Å². The summed E-state index contributed by atoms with van der Waals surface area (Å²) in [7, 11) is 0. The Labute approximate surface area is 87.2 Å². The van der Waals surface area contributed by atoms with E-state index in [1.54, 1.807) is 12.1 Å². The number of halogens is 1. The van der Waals surface area contributed by atoms with Gasteiger partial charge in [-0.3, -0.25) is 4.79 Å². The zero-order valence-electron chi connectivity index (χ0n) is 8.38. The maximum atomic E-state index is 12.4. The molecule has 0 saturated heterocycles. The fourth-order valence-electron chi connectivity index (χ4n) is 1.14. The third-order valence-corrected chi connectivity index (χ3v) is 1.97. The van der Waals surface area contributed by atoms with Crippen molar-refractivity contribution in [2.75, 3.05) is 5.32 Å². The van der Waals surface area contributed by atoms with Crippen LogP contribution in [0, 0.1) is 0 Å². The Morgan fingerprint density at radius 2 is 2.27 bits per heavy atom. The van der Waals surface area contributed by atoms with Gasteiger partial charge in [0.2, 0.25) is 0 Å². The molecule has 0 aliphatic heterocycles. The average Bonchev–Trinajstić information content (AvgIpc) is 2.18. The molecule has 1 aromatic carbocycles. The second kappa shape index (κ2) is 4.59. The first kappa shape index (κ1) is 11.2. The van der Waals surface area contributed by atoms with Gasteiger partial charge in [-0.15, -0.1) is 0 Å². The average molecular weight is 209 g/mol. The van der Waals surface area contributed by atoms with E-state index in [0.29, 0.717) is 12.1 Å². The van der Waals surface area contributed by atoms with Crippen LogP contribution in [0.2, 0.25) is 0 Å². The first-order chi connectivity index (χ1) is 7.04. The van der Waals surface area contributed by atoms with Crippen LogP contribution in [0.1, 0.15) is 12.5 Å². The molecule has 4 heteroatoms. The summed E-state index contributed by atoms with van der Waals surface area (Å²) in [5.74, 6) is -1.88. The lowest BCUT2D eigenvalue weighted by Gasteiger charge is -2.06. The number of hydrogen-bond donors (Lipinski definition) is 2. The van der Waals surface area contributed by atoms with Crippen LogP contribution in [-0.4, -0.2) is 11.0 Å². The molecule has 0 spiro atoms. The molecule has 0 aliphatic rings. The molecule has 15 heavy (non-hydrogen) atoms. The lowest BCUT2D eigenvalue weighted by atomic mass is 10.1. The molecular formula is C11H12FNO2. The van der Waals surface area contributed by atoms with Crippen molar-refractivity contribution in [2.24, 2.45) is 0 Å². The van der Waals surface area contributed by atoms with Gasteiger partial charge in [0.15, 0.2) is 5.83 Å². The molecule has 1 amide bonds. The second-order valence-corrected chi connectivity index (χ2v) is 3.06. The molecule has 0 bridgehead atoms. The predicted molar refractivity (Wildman–Crippen MR) is 56.4 cm³/mol. The van der Waals surface area contributed by atoms with Crippen molar-refractivity contribution in [2.45, 2.75) is 13.3 Å². The molecular weight excluding hydrogens is 197 g/mol. The van der Waals surface area contributed by atoms with Crippen molar-refractivity contribution >= 4 is 11.6 Å². The van der Waals surface area contributed by atoms with Gasteiger partial charge in [0.1, 0.15) is 5.75 Å². The number of aryl methyl sites for hydroxylation is 1. The first-order valence-electron chi connectivity index (χ1n) is 4.52. The van der Waals surface area contributed by atoms with Crippen LogP contribution in [0.15, 0.2) is 30.6 Å². The minimum atomic E-state index is -1.06. The molecule has 0 saturated carbocycles. The third kappa shape index (κ3) is 2.80. The third-order valence-electron chi connectivity index (χ3n) is 1.97. The van der Waals surface area contributed by atoms with Crippen molar-refractivity contribution in [1.82, 2.24) is 0 Å². The van der Waals surface area contributed by atoms with E-state index in [0.717, 1.165) is 5.56 Å². The Hall–Kier alpha value is -1.84. The predicted octanol–water partition coefficient (Wildman–Crippen LogP) is 2.38. The zero-order chi connectivity index (χ0) is 11.4. The number of phenolic OH excluding ortho intramolecular Hbond substituents is 1. The Bertz CT molecular complexity index is 402. The summed E-state index contributed by atoms with van der Waals surface area (Å²) in [6.45, 7) is 4.77. The van der Waals surface area contributed by atoms with Crippen molar-refractivity contribution in [3.63, 3.8) is 0 Å². The van der Waals surface area contributed by atoms with Crippen LogP contribution in [-0.2, 0) is 11.2 Å². The Morgan fingerprint density at radius 3 is 2.73 bits per heavy atom. The molecule has 0 fully saturated rings. The molecule has 0 aliphatic carbocycles. The van der Waals surface area contributed by atoms with Crippen LogP contribution >= 0.6 is 0 Å². The fourth-order valence-corrected chi connectivity index (χ4v) is 1.14. The minimum Gasteiger partial charge on any atom is -0.508 e. The molecule has 0 radical (unpaired) electrons. The number of carbonyl (C=O) groups is 1. The summed E-state index contributed by atoms with van der Waals surface area (Å²) in [5.41, 5.74) is 1.11. The van der Waals surface area contributed by atoms with Crippen molar-refractivity contribution in [3.8, 4) is 5.75 Å². The first-order valence-corrected chi connectivity index (χ1v) is 4.52. The number of rotatable bonds is 3. The highest BCUT2D eigenvalue weighted by molar-refractivity contribution is 6.01. The molecule has 2 N–H and O–H groups in total. The number of nitrogens with one attached hydrogen (secondary N) is 1. The van der Waals surface area contributed by atoms with Crippen LogP contribution < -0.4 is 5.32 Å². The number of anilines is 1. The SMILES string of the molecule is C=C(F)C(=O)Nc1ccc(CC)c(O)c1. The quantitative estimate of drug-likeness (QED) is 0.751. The monoisotopic (exact) mass is 209 g/mol. The van der Waals surface area contributed by atoms with Gasteiger partial charge in [-0.1, -0.05) is 19.6 Å². The largest absolute Gasteiger partial charge is 0.508 e. The highest BCUT2D eigenvalue weighted by Gasteiger charge is 2.07. The maximum absolute atomic E-state index is 12.4. The summed E-state index contributed by atoms with van der Waals surface area (Å²) < 4.78 is 12.4. The number of carbonyl (C=O) groups excluding carboxylic acids is 1. The van der Waals surface area contributed by atoms with Gasteiger partial charge >= 0.3 is 0 Å². The second-order valence-electron chi connectivity index (χ2n) is 3.06. The fraction of sp³-hybridized carbons (Fsp3) is 0.182. The lowest BCUT2D eigenvalue weighted by molar-refractivity contribution is -0.114. The van der Waals surface area contributed by atoms with E-state index in [-0.39, 0.29) is 5.75 Å². The molecule has 3 nitrogen and oxygen atoms in total. The lowest BCUT2D eigenvalue weighted by Crippen LogP contribution is -2.11. The molecule has 0 heterocycles. The van der Waals surface area contributed by atoms with Crippen molar-refractivity contribution in [3.05, 3.63) is 36.2 Å². The Kier molecular flexibility index (Phi) is 3.44. The van der Waals surface area contributed by atoms with E-state index >= 15 is 0 Å². The van der Waals surface area contributed by atoms with E-state index in [2.05, 4.69) is 11.9 Å². The van der Waals surface area contributed by atoms with Gasteiger partial charge in [-0.05, 0) is 18.1 Å². The van der Waals surface area contributed by atoms with Crippen molar-refractivity contribution in [1.29, 1.82) is 0 Å². The highest BCUT2D eigenvalue weighted by atomic mass is 19.1. The van der Waals surface area contributed by atoms with Crippen LogP contribution in [0.3, 0.4) is 0 Å². The number of hydrogen-bond acceptors (Lipinski definition) is 2. The van der Waals surface area contributed by atoms with E-state index in [9.17, 15) is 14.3 Å². The molecule has 0 unspecified atom stereocenters. The van der Waals surface area contributed by atoms with Crippen LogP contribution in [0.25, 0.3) is 0 Å². The Balaban J connectivity index is 2.84. The number of aromatic hydroxyl groups is 1. The van der Waals surface area contributed by atoms with Gasteiger partial charge in [-0.2, -0.15) is 0 Å². The number of amides is 1. The van der Waals surface area contributed by atoms with Crippen LogP contribution in [0.4, 0.5) is 10.1 Å².